The van der Waals surface area contributed by atoms with Crippen LogP contribution in [-0.4, -0.2) is 26.5 Å². The molecule has 30 heavy (non-hydrogen) atoms. The molecule has 0 saturated carbocycles. The maximum Gasteiger partial charge on any atom is 0.173 e. The van der Waals surface area contributed by atoms with Crippen LogP contribution in [0, 0.1) is 11.6 Å². The Morgan fingerprint density at radius 2 is 1.60 bits per heavy atom. The largest absolute Gasteiger partial charge is 0.344 e. The Morgan fingerprint density at radius 3 is 2.30 bits per heavy atom. The van der Waals surface area contributed by atoms with Gasteiger partial charge in [-0.05, 0) is 66.3 Å². The lowest BCUT2D eigenvalue weighted by Gasteiger charge is -2.26. The van der Waals surface area contributed by atoms with Crippen molar-refractivity contribution >= 4 is 34.1 Å². The van der Waals surface area contributed by atoms with E-state index in [1.807, 2.05) is 29.2 Å². The zero-order valence-electron chi connectivity index (χ0n) is 16.1. The summed E-state index contributed by atoms with van der Waals surface area (Å²) in [6.45, 7) is 1.11. The first-order valence-corrected chi connectivity index (χ1v) is 9.97. The van der Waals surface area contributed by atoms with Gasteiger partial charge in [-0.2, -0.15) is 0 Å². The topological polar surface area (TPSA) is 44.0 Å². The average molecular weight is 423 g/mol. The van der Waals surface area contributed by atoms with Crippen molar-refractivity contribution in [1.82, 2.24) is 14.9 Å². The number of rotatable bonds is 6. The van der Waals surface area contributed by atoms with Crippen LogP contribution in [-0.2, 0) is 13.0 Å². The molecule has 1 aromatic heterocycles. The molecule has 0 bridgehead atoms. The molecule has 0 spiro atoms. The first-order valence-electron chi connectivity index (χ1n) is 9.56. The summed E-state index contributed by atoms with van der Waals surface area (Å²) in [5.41, 5.74) is 3.55. The van der Waals surface area contributed by atoms with E-state index < -0.39 is 0 Å². The van der Waals surface area contributed by atoms with E-state index in [9.17, 15) is 8.78 Å². The molecule has 4 rings (SSSR count). The Balaban J connectivity index is 1.49. The number of halogens is 2. The Bertz CT molecular complexity index is 1110. The summed E-state index contributed by atoms with van der Waals surface area (Å²) in [5, 5.41) is 3.65. The van der Waals surface area contributed by atoms with Crippen molar-refractivity contribution in [2.75, 3.05) is 11.9 Å². The Labute approximate surface area is 178 Å². The molecule has 152 valence electrons. The fraction of sp³-hybridized carbons (Fsp3) is 0.130. The Hall–Kier alpha value is -3.32. The minimum Gasteiger partial charge on any atom is -0.344 e. The van der Waals surface area contributed by atoms with Crippen LogP contribution in [0.4, 0.5) is 14.5 Å². The lowest BCUT2D eigenvalue weighted by Crippen LogP contribution is -2.36. The lowest BCUT2D eigenvalue weighted by molar-refractivity contribution is 0.419. The number of fused-ring (bicyclic) bond motifs is 1. The number of H-pyrrole nitrogens is 1. The molecule has 4 nitrogen and oxygen atoms in total. The van der Waals surface area contributed by atoms with Crippen LogP contribution >= 0.6 is 12.2 Å². The molecular weight excluding hydrogens is 402 g/mol. The summed E-state index contributed by atoms with van der Waals surface area (Å²) < 4.78 is 26.5. The van der Waals surface area contributed by atoms with Crippen LogP contribution in [0.25, 0.3) is 11.0 Å². The quantitative estimate of drug-likeness (QED) is 0.415. The lowest BCUT2D eigenvalue weighted by atomic mass is 10.2. The van der Waals surface area contributed by atoms with Gasteiger partial charge in [-0.15, -0.1) is 0 Å². The number of imidazole rings is 1. The number of aromatic amines is 1. The van der Waals surface area contributed by atoms with Gasteiger partial charge in [0.25, 0.3) is 0 Å². The molecule has 4 aromatic rings. The summed E-state index contributed by atoms with van der Waals surface area (Å²) in [7, 11) is 0. The maximum absolute atomic E-state index is 13.3. The van der Waals surface area contributed by atoms with E-state index in [4.69, 9.17) is 12.2 Å². The van der Waals surface area contributed by atoms with E-state index in [2.05, 4.69) is 15.3 Å². The van der Waals surface area contributed by atoms with Crippen molar-refractivity contribution in [3.05, 3.63) is 95.8 Å². The van der Waals surface area contributed by atoms with E-state index in [0.717, 1.165) is 22.4 Å². The first-order chi connectivity index (χ1) is 14.6. The highest BCUT2D eigenvalue weighted by Gasteiger charge is 2.13. The smallest absolute Gasteiger partial charge is 0.173 e. The maximum atomic E-state index is 13.3. The molecule has 0 aliphatic rings. The van der Waals surface area contributed by atoms with Crippen LogP contribution in [0.2, 0.25) is 0 Å². The highest BCUT2D eigenvalue weighted by molar-refractivity contribution is 7.80. The molecule has 0 aliphatic carbocycles. The van der Waals surface area contributed by atoms with Gasteiger partial charge in [0.1, 0.15) is 17.5 Å². The molecule has 0 atom stereocenters. The van der Waals surface area contributed by atoms with Crippen LogP contribution in [0.5, 0.6) is 0 Å². The predicted molar refractivity (Wildman–Crippen MR) is 119 cm³/mol. The number of benzene rings is 3. The monoisotopic (exact) mass is 422 g/mol. The van der Waals surface area contributed by atoms with E-state index in [0.29, 0.717) is 30.3 Å². The SMILES string of the molecule is Fc1ccc(CN(CCc2nc3ccccc3[nH]2)C(=S)Nc2ccc(F)cc2)cc1. The van der Waals surface area contributed by atoms with Crippen LogP contribution in [0.1, 0.15) is 11.4 Å². The molecule has 0 radical (unpaired) electrons. The number of hydrogen-bond acceptors (Lipinski definition) is 2. The summed E-state index contributed by atoms with van der Waals surface area (Å²) in [6, 6.07) is 20.2. The summed E-state index contributed by atoms with van der Waals surface area (Å²) in [6.07, 6.45) is 0.654. The zero-order valence-corrected chi connectivity index (χ0v) is 16.9. The van der Waals surface area contributed by atoms with Gasteiger partial charge in [0.05, 0.1) is 11.0 Å². The molecule has 0 aliphatic heterocycles. The Kier molecular flexibility index (Phi) is 5.99. The first kappa shape index (κ1) is 20.0. The minimum atomic E-state index is -0.306. The van der Waals surface area contributed by atoms with Crippen molar-refractivity contribution in [2.24, 2.45) is 0 Å². The highest BCUT2D eigenvalue weighted by Crippen LogP contribution is 2.14. The van der Waals surface area contributed by atoms with Gasteiger partial charge in [-0.25, -0.2) is 13.8 Å². The van der Waals surface area contributed by atoms with Gasteiger partial charge in [-0.1, -0.05) is 24.3 Å². The number of para-hydroxylation sites is 2. The molecule has 0 fully saturated rings. The van der Waals surface area contributed by atoms with Gasteiger partial charge < -0.3 is 15.2 Å². The number of anilines is 1. The summed E-state index contributed by atoms with van der Waals surface area (Å²) in [4.78, 5) is 9.93. The van der Waals surface area contributed by atoms with Gasteiger partial charge >= 0.3 is 0 Å². The van der Waals surface area contributed by atoms with Crippen molar-refractivity contribution < 1.29 is 8.78 Å². The zero-order chi connectivity index (χ0) is 20.9. The van der Waals surface area contributed by atoms with Gasteiger partial charge in [0.15, 0.2) is 5.11 Å². The van der Waals surface area contributed by atoms with Crippen LogP contribution in [0.3, 0.4) is 0 Å². The second-order valence-corrected chi connectivity index (χ2v) is 7.32. The van der Waals surface area contributed by atoms with E-state index in [-0.39, 0.29) is 11.6 Å². The number of nitrogens with one attached hydrogen (secondary N) is 2. The molecule has 7 heteroatoms. The Morgan fingerprint density at radius 1 is 0.933 bits per heavy atom. The normalized spacial score (nSPS) is 10.9. The summed E-state index contributed by atoms with van der Waals surface area (Å²) >= 11 is 5.61. The fourth-order valence-electron chi connectivity index (χ4n) is 3.16. The third-order valence-corrected chi connectivity index (χ3v) is 5.09. The number of thiocarbonyl (C=S) groups is 1. The number of hydrogen-bond donors (Lipinski definition) is 2. The molecule has 1 heterocycles. The van der Waals surface area contributed by atoms with Gasteiger partial charge in [-0.3, -0.25) is 0 Å². The molecule has 0 saturated heterocycles. The van der Waals surface area contributed by atoms with Gasteiger partial charge in [0.2, 0.25) is 0 Å². The van der Waals surface area contributed by atoms with Gasteiger partial charge in [0, 0.05) is 25.2 Å². The van der Waals surface area contributed by atoms with E-state index in [1.165, 1.54) is 24.3 Å². The molecule has 2 N–H and O–H groups in total. The standard InChI is InChI=1S/C23H20F2N4S/c24-17-7-5-16(6-8-17)15-29(23(30)26-19-11-9-18(25)10-12-19)14-13-22-27-20-3-1-2-4-21(20)28-22/h1-12H,13-15H2,(H,26,30)(H,27,28). The van der Waals surface area contributed by atoms with Crippen molar-refractivity contribution in [1.29, 1.82) is 0 Å². The predicted octanol–water partition coefficient (Wildman–Crippen LogP) is 5.28. The van der Waals surface area contributed by atoms with Crippen molar-refractivity contribution in [3.63, 3.8) is 0 Å². The van der Waals surface area contributed by atoms with Crippen molar-refractivity contribution in [2.45, 2.75) is 13.0 Å². The third-order valence-electron chi connectivity index (χ3n) is 4.73. The summed E-state index contributed by atoms with van der Waals surface area (Å²) in [5.74, 6) is 0.281. The second kappa shape index (κ2) is 9.00. The van der Waals surface area contributed by atoms with Crippen LogP contribution < -0.4 is 5.32 Å². The second-order valence-electron chi connectivity index (χ2n) is 6.94. The average Bonchev–Trinajstić information content (AvgIpc) is 3.17. The molecule has 0 amide bonds. The molecular formula is C23H20F2N4S. The number of nitrogens with zero attached hydrogens (tertiary/aromatic N) is 2. The van der Waals surface area contributed by atoms with Crippen LogP contribution in [0.15, 0.2) is 72.8 Å². The van der Waals surface area contributed by atoms with E-state index >= 15 is 0 Å². The van der Waals surface area contributed by atoms with E-state index in [1.54, 1.807) is 24.3 Å². The molecule has 3 aromatic carbocycles. The highest BCUT2D eigenvalue weighted by atomic mass is 32.1. The third kappa shape index (κ3) is 4.99. The van der Waals surface area contributed by atoms with Crippen molar-refractivity contribution in [3.8, 4) is 0 Å². The molecule has 0 unspecified atom stereocenters. The minimum absolute atomic E-state index is 0.278. The fourth-order valence-corrected chi connectivity index (χ4v) is 3.44. The number of aromatic nitrogens is 2.